The fourth-order valence-electron chi connectivity index (χ4n) is 5.84. The standard InChI is InChI=1S/C33H37Cl2N3O2S/c1-24-5-15-29(16-6-24)41-33(30(39)4-3-17-37-20-18-36(2)19-21-37)22-31(40)38(23-25-7-11-27(34)12-8-25)32(33)26-9-13-28(35)14-10-26/h5-16,32H,3-4,17-23H2,1-2H3. The van der Waals surface area contributed by atoms with Crippen molar-refractivity contribution >= 4 is 46.7 Å². The first-order chi connectivity index (χ1) is 19.7. The van der Waals surface area contributed by atoms with Gasteiger partial charge in [0.15, 0.2) is 5.78 Å². The Kier molecular flexibility index (Phi) is 9.77. The van der Waals surface area contributed by atoms with Gasteiger partial charge in [0.2, 0.25) is 5.91 Å². The molecule has 2 unspecified atom stereocenters. The summed E-state index contributed by atoms with van der Waals surface area (Å²) in [5, 5.41) is 1.27. The van der Waals surface area contributed by atoms with Gasteiger partial charge in [-0.05, 0) is 74.5 Å². The summed E-state index contributed by atoms with van der Waals surface area (Å²) >= 11 is 14.0. The van der Waals surface area contributed by atoms with Crippen LogP contribution in [-0.4, -0.2) is 70.9 Å². The fourth-order valence-corrected chi connectivity index (χ4v) is 7.57. The van der Waals surface area contributed by atoms with E-state index in [2.05, 4.69) is 48.0 Å². The molecule has 2 heterocycles. The lowest BCUT2D eigenvalue weighted by molar-refractivity contribution is -0.129. The van der Waals surface area contributed by atoms with Crippen molar-refractivity contribution in [2.45, 2.75) is 48.4 Å². The summed E-state index contributed by atoms with van der Waals surface area (Å²) in [4.78, 5) is 36.1. The molecule has 2 atom stereocenters. The maximum atomic E-state index is 14.5. The molecule has 3 aromatic rings. The molecule has 0 spiro atoms. The molecule has 0 aliphatic carbocycles. The van der Waals surface area contributed by atoms with Gasteiger partial charge >= 0.3 is 0 Å². The van der Waals surface area contributed by atoms with Gasteiger partial charge in [-0.2, -0.15) is 0 Å². The zero-order chi connectivity index (χ0) is 29.0. The van der Waals surface area contributed by atoms with Crippen LogP contribution in [0.25, 0.3) is 0 Å². The number of thioether (sulfide) groups is 1. The molecule has 0 bridgehead atoms. The maximum Gasteiger partial charge on any atom is 0.225 e. The van der Waals surface area contributed by atoms with E-state index in [1.165, 1.54) is 0 Å². The number of likely N-dealkylation sites (tertiary alicyclic amines) is 1. The second-order valence-corrected chi connectivity index (χ2v) is 13.5. The van der Waals surface area contributed by atoms with Gasteiger partial charge in [-0.25, -0.2) is 0 Å². The first-order valence-corrected chi connectivity index (χ1v) is 15.8. The summed E-state index contributed by atoms with van der Waals surface area (Å²) in [6, 6.07) is 23.0. The highest BCUT2D eigenvalue weighted by molar-refractivity contribution is 8.01. The van der Waals surface area contributed by atoms with Crippen molar-refractivity contribution in [3.63, 3.8) is 0 Å². The van der Waals surface area contributed by atoms with Crippen molar-refractivity contribution in [1.82, 2.24) is 14.7 Å². The van der Waals surface area contributed by atoms with Gasteiger partial charge in [0, 0.05) is 54.1 Å². The third kappa shape index (κ3) is 7.18. The first kappa shape index (κ1) is 30.1. The number of carbonyl (C=O) groups is 2. The Morgan fingerprint density at radius 1 is 0.902 bits per heavy atom. The highest BCUT2D eigenvalue weighted by atomic mass is 35.5. The van der Waals surface area contributed by atoms with Gasteiger partial charge in [0.05, 0.1) is 12.5 Å². The van der Waals surface area contributed by atoms with Crippen molar-refractivity contribution in [2.75, 3.05) is 39.8 Å². The van der Waals surface area contributed by atoms with Gasteiger partial charge in [0.1, 0.15) is 4.75 Å². The van der Waals surface area contributed by atoms with Crippen LogP contribution < -0.4 is 0 Å². The summed E-state index contributed by atoms with van der Waals surface area (Å²) in [5.41, 5.74) is 3.05. The molecule has 216 valence electrons. The first-order valence-electron chi connectivity index (χ1n) is 14.2. The third-order valence-electron chi connectivity index (χ3n) is 8.21. The van der Waals surface area contributed by atoms with Crippen LogP contribution in [0.15, 0.2) is 77.7 Å². The van der Waals surface area contributed by atoms with E-state index in [1.54, 1.807) is 11.8 Å². The predicted molar refractivity (Wildman–Crippen MR) is 169 cm³/mol. The zero-order valence-corrected chi connectivity index (χ0v) is 26.0. The van der Waals surface area contributed by atoms with Crippen LogP contribution >= 0.6 is 35.0 Å². The van der Waals surface area contributed by atoms with Crippen LogP contribution in [0.3, 0.4) is 0 Å². The molecule has 3 aromatic carbocycles. The number of halogens is 2. The molecule has 2 aliphatic rings. The van der Waals surface area contributed by atoms with Crippen LogP contribution in [-0.2, 0) is 16.1 Å². The molecular weight excluding hydrogens is 573 g/mol. The van der Waals surface area contributed by atoms with Crippen molar-refractivity contribution in [3.8, 4) is 0 Å². The molecule has 8 heteroatoms. The summed E-state index contributed by atoms with van der Waals surface area (Å²) in [7, 11) is 2.15. The Hall–Kier alpha value is -2.35. The molecule has 0 aromatic heterocycles. The van der Waals surface area contributed by atoms with Crippen molar-refractivity contribution in [2.24, 2.45) is 0 Å². The average molecular weight is 611 g/mol. The van der Waals surface area contributed by atoms with E-state index in [0.29, 0.717) is 23.0 Å². The normalized spacial score (nSPS) is 21.9. The fraction of sp³-hybridized carbons (Fsp3) is 0.394. The molecule has 2 aliphatic heterocycles. The van der Waals surface area contributed by atoms with Gasteiger partial charge in [-0.15, -0.1) is 11.8 Å². The number of piperazine rings is 1. The third-order valence-corrected chi connectivity index (χ3v) is 10.2. The number of carbonyl (C=O) groups excluding carboxylic acids is 2. The van der Waals surface area contributed by atoms with E-state index < -0.39 is 10.8 Å². The second kappa shape index (κ2) is 13.3. The minimum atomic E-state index is -0.964. The van der Waals surface area contributed by atoms with Gasteiger partial charge in [0.25, 0.3) is 0 Å². The number of hydrogen-bond acceptors (Lipinski definition) is 5. The second-order valence-electron chi connectivity index (χ2n) is 11.3. The quantitative estimate of drug-likeness (QED) is 0.250. The van der Waals surface area contributed by atoms with Crippen molar-refractivity contribution < 1.29 is 9.59 Å². The van der Waals surface area contributed by atoms with Crippen LogP contribution in [0.5, 0.6) is 0 Å². The van der Waals surface area contributed by atoms with E-state index in [9.17, 15) is 9.59 Å². The van der Waals surface area contributed by atoms with E-state index in [0.717, 1.165) is 60.7 Å². The Labute approximate surface area is 257 Å². The average Bonchev–Trinajstić information content (AvgIpc) is 3.24. The molecule has 2 fully saturated rings. The Balaban J connectivity index is 1.49. The molecule has 0 N–H and O–H groups in total. The number of rotatable bonds is 10. The summed E-state index contributed by atoms with van der Waals surface area (Å²) in [6.45, 7) is 7.48. The van der Waals surface area contributed by atoms with E-state index >= 15 is 0 Å². The molecule has 2 saturated heterocycles. The number of Topliss-reactive ketones (excluding diaryl/α,β-unsaturated/α-hetero) is 1. The van der Waals surface area contributed by atoms with Crippen LogP contribution in [0, 0.1) is 6.92 Å². The molecule has 41 heavy (non-hydrogen) atoms. The monoisotopic (exact) mass is 609 g/mol. The summed E-state index contributed by atoms with van der Waals surface area (Å²) in [5.74, 6) is 0.107. The van der Waals surface area contributed by atoms with Crippen LogP contribution in [0.2, 0.25) is 10.0 Å². The van der Waals surface area contributed by atoms with Gasteiger partial charge in [-0.1, -0.05) is 65.2 Å². The Morgan fingerprint density at radius 3 is 2.15 bits per heavy atom. The highest BCUT2D eigenvalue weighted by Gasteiger charge is 2.57. The van der Waals surface area contributed by atoms with Crippen molar-refractivity contribution in [1.29, 1.82) is 0 Å². The molecule has 5 rings (SSSR count). The number of aryl methyl sites for hydroxylation is 1. The lowest BCUT2D eigenvalue weighted by Crippen LogP contribution is -2.45. The number of likely N-dealkylation sites (N-methyl/N-ethyl adjacent to an activating group) is 1. The minimum Gasteiger partial charge on any atom is -0.329 e. The summed E-state index contributed by atoms with van der Waals surface area (Å²) < 4.78 is -0.964. The number of amides is 1. The Bertz CT molecular complexity index is 1340. The summed E-state index contributed by atoms with van der Waals surface area (Å²) in [6.07, 6.45) is 1.36. The molecule has 0 saturated carbocycles. The number of nitrogens with zero attached hydrogens (tertiary/aromatic N) is 3. The maximum absolute atomic E-state index is 14.5. The lowest BCUT2D eigenvalue weighted by Gasteiger charge is -2.37. The number of hydrogen-bond donors (Lipinski definition) is 0. The van der Waals surface area contributed by atoms with Crippen LogP contribution in [0.1, 0.15) is 42.0 Å². The molecular formula is C33H37Cl2N3O2S. The topological polar surface area (TPSA) is 43.9 Å². The zero-order valence-electron chi connectivity index (χ0n) is 23.7. The van der Waals surface area contributed by atoms with Gasteiger partial charge in [-0.3, -0.25) is 9.59 Å². The minimum absolute atomic E-state index is 0.0214. The van der Waals surface area contributed by atoms with E-state index in [4.69, 9.17) is 23.2 Å². The number of benzene rings is 3. The van der Waals surface area contributed by atoms with Crippen LogP contribution in [0.4, 0.5) is 0 Å². The van der Waals surface area contributed by atoms with Gasteiger partial charge < -0.3 is 14.7 Å². The molecule has 1 amide bonds. The van der Waals surface area contributed by atoms with Crippen molar-refractivity contribution in [3.05, 3.63) is 99.5 Å². The largest absolute Gasteiger partial charge is 0.329 e. The highest BCUT2D eigenvalue weighted by Crippen LogP contribution is 2.54. The number of ketones is 1. The smallest absolute Gasteiger partial charge is 0.225 e. The van der Waals surface area contributed by atoms with E-state index in [1.807, 2.05) is 53.4 Å². The van der Waals surface area contributed by atoms with E-state index in [-0.39, 0.29) is 18.1 Å². The SMILES string of the molecule is Cc1ccc(SC2(C(=O)CCCN3CCN(C)CC3)CC(=O)N(Cc3ccc(Cl)cc3)C2c2ccc(Cl)cc2)cc1. The Morgan fingerprint density at radius 2 is 1.51 bits per heavy atom. The molecule has 5 nitrogen and oxygen atoms in total. The molecule has 0 radical (unpaired) electrons. The predicted octanol–water partition coefficient (Wildman–Crippen LogP) is 6.90. The lowest BCUT2D eigenvalue weighted by atomic mass is 9.87.